The van der Waals surface area contributed by atoms with E-state index in [4.69, 9.17) is 44.3 Å². The van der Waals surface area contributed by atoms with Crippen LogP contribution in [0.1, 0.15) is 19.4 Å². The Morgan fingerprint density at radius 1 is 1.04 bits per heavy atom. The van der Waals surface area contributed by atoms with Crippen molar-refractivity contribution in [3.63, 3.8) is 0 Å². The predicted octanol–water partition coefficient (Wildman–Crippen LogP) is 4.96. The van der Waals surface area contributed by atoms with Crippen LogP contribution >= 0.6 is 34.8 Å². The highest BCUT2D eigenvalue weighted by Crippen LogP contribution is 2.33. The number of carbonyl (C=O) groups is 1. The number of nitrogens with zero attached hydrogens (tertiary/aromatic N) is 1. The summed E-state index contributed by atoms with van der Waals surface area (Å²) in [6.07, 6.45) is 0. The van der Waals surface area contributed by atoms with Crippen molar-refractivity contribution in [3.8, 4) is 11.5 Å². The highest BCUT2D eigenvalue weighted by molar-refractivity contribution is 6.43. The number of nitrogens with one attached hydrogen (secondary N) is 1. The summed E-state index contributed by atoms with van der Waals surface area (Å²) in [4.78, 5) is 11.9. The van der Waals surface area contributed by atoms with Gasteiger partial charge in [0.05, 0.1) is 27.4 Å². The van der Waals surface area contributed by atoms with E-state index in [0.29, 0.717) is 17.3 Å². The molecule has 0 aliphatic carbocycles. The molecule has 0 saturated heterocycles. The van der Waals surface area contributed by atoms with E-state index in [1.165, 1.54) is 12.1 Å². The Bertz CT molecular complexity index is 808. The standard InChI is InChI=1S/C18H17Cl3N2O3/c1-3-25-13-6-4-12(5-7-13)11(2)22-23-18(24)10-26-17-9-15(20)14(19)8-16(17)21/h4-9H,3,10H2,1-2H3,(H,23,24)/b22-11+. The van der Waals surface area contributed by atoms with Crippen molar-refractivity contribution in [1.82, 2.24) is 5.43 Å². The smallest absolute Gasteiger partial charge is 0.277 e. The number of hydrogen-bond acceptors (Lipinski definition) is 4. The van der Waals surface area contributed by atoms with Gasteiger partial charge in [0.25, 0.3) is 5.91 Å². The number of hydrogen-bond donors (Lipinski definition) is 1. The van der Waals surface area contributed by atoms with Crippen LogP contribution < -0.4 is 14.9 Å². The van der Waals surface area contributed by atoms with Crippen LogP contribution in [0.4, 0.5) is 0 Å². The zero-order chi connectivity index (χ0) is 19.1. The molecule has 2 rings (SSSR count). The van der Waals surface area contributed by atoms with Crippen LogP contribution in [0.25, 0.3) is 0 Å². The largest absolute Gasteiger partial charge is 0.494 e. The molecular weight excluding hydrogens is 399 g/mol. The summed E-state index contributed by atoms with van der Waals surface area (Å²) in [7, 11) is 0. The normalized spacial score (nSPS) is 11.2. The summed E-state index contributed by atoms with van der Waals surface area (Å²) < 4.78 is 10.7. The van der Waals surface area contributed by atoms with Crippen LogP contribution in [-0.4, -0.2) is 24.8 Å². The van der Waals surface area contributed by atoms with Crippen LogP contribution in [0.2, 0.25) is 15.1 Å². The molecule has 0 atom stereocenters. The Balaban J connectivity index is 1.91. The summed E-state index contributed by atoms with van der Waals surface area (Å²) in [5.41, 5.74) is 3.94. The number of amides is 1. The molecule has 0 aliphatic rings. The van der Waals surface area contributed by atoms with Crippen molar-refractivity contribution in [1.29, 1.82) is 0 Å². The third-order valence-corrected chi connectivity index (χ3v) is 4.28. The van der Waals surface area contributed by atoms with Crippen molar-refractivity contribution in [2.75, 3.05) is 13.2 Å². The molecule has 0 saturated carbocycles. The average Bonchev–Trinajstić information content (AvgIpc) is 2.62. The van der Waals surface area contributed by atoms with E-state index in [0.717, 1.165) is 11.3 Å². The van der Waals surface area contributed by atoms with Gasteiger partial charge in [0.15, 0.2) is 6.61 Å². The Morgan fingerprint density at radius 2 is 1.69 bits per heavy atom. The van der Waals surface area contributed by atoms with Gasteiger partial charge in [0.1, 0.15) is 11.5 Å². The number of carbonyl (C=O) groups excluding carboxylic acids is 1. The SMILES string of the molecule is CCOc1ccc(/C(C)=N/NC(=O)COc2cc(Cl)c(Cl)cc2Cl)cc1. The van der Waals surface area contributed by atoms with E-state index >= 15 is 0 Å². The lowest BCUT2D eigenvalue weighted by molar-refractivity contribution is -0.123. The summed E-state index contributed by atoms with van der Waals surface area (Å²) in [6.45, 7) is 4.04. The first-order valence-corrected chi connectivity index (χ1v) is 8.87. The number of ether oxygens (including phenoxy) is 2. The van der Waals surface area contributed by atoms with E-state index in [-0.39, 0.29) is 22.4 Å². The first kappa shape index (κ1) is 20.4. The molecule has 0 spiro atoms. The van der Waals surface area contributed by atoms with Gasteiger partial charge >= 0.3 is 0 Å². The highest BCUT2D eigenvalue weighted by atomic mass is 35.5. The Hall–Kier alpha value is -1.95. The molecule has 2 aromatic carbocycles. The van der Waals surface area contributed by atoms with Crippen LogP contribution in [0.3, 0.4) is 0 Å². The van der Waals surface area contributed by atoms with Gasteiger partial charge in [-0.25, -0.2) is 5.43 Å². The lowest BCUT2D eigenvalue weighted by atomic mass is 10.1. The fourth-order valence-electron chi connectivity index (χ4n) is 1.96. The van der Waals surface area contributed by atoms with E-state index < -0.39 is 5.91 Å². The van der Waals surface area contributed by atoms with E-state index in [2.05, 4.69) is 10.5 Å². The molecule has 1 amide bonds. The minimum atomic E-state index is -0.433. The van der Waals surface area contributed by atoms with Crippen LogP contribution in [0.5, 0.6) is 11.5 Å². The maximum Gasteiger partial charge on any atom is 0.277 e. The summed E-state index contributed by atoms with van der Waals surface area (Å²) in [5.74, 6) is 0.612. The molecule has 26 heavy (non-hydrogen) atoms. The second kappa shape index (κ2) is 9.67. The van der Waals surface area contributed by atoms with Crippen LogP contribution in [-0.2, 0) is 4.79 Å². The lowest BCUT2D eigenvalue weighted by Crippen LogP contribution is -2.25. The number of halogens is 3. The monoisotopic (exact) mass is 414 g/mol. The first-order chi connectivity index (χ1) is 12.4. The molecule has 8 heteroatoms. The number of benzene rings is 2. The highest BCUT2D eigenvalue weighted by Gasteiger charge is 2.09. The van der Waals surface area contributed by atoms with Gasteiger partial charge in [-0.15, -0.1) is 0 Å². The second-order valence-corrected chi connectivity index (χ2v) is 6.40. The van der Waals surface area contributed by atoms with Gasteiger partial charge in [-0.1, -0.05) is 34.8 Å². The van der Waals surface area contributed by atoms with E-state index in [1.54, 1.807) is 6.92 Å². The Kier molecular flexibility index (Phi) is 7.57. The van der Waals surface area contributed by atoms with Gasteiger partial charge in [0.2, 0.25) is 0 Å². The summed E-state index contributed by atoms with van der Waals surface area (Å²) in [5, 5.41) is 4.91. The Morgan fingerprint density at radius 3 is 2.35 bits per heavy atom. The minimum Gasteiger partial charge on any atom is -0.494 e. The van der Waals surface area contributed by atoms with Crippen molar-refractivity contribution in [2.24, 2.45) is 5.10 Å². The molecule has 0 heterocycles. The molecule has 0 bridgehead atoms. The molecular formula is C18H17Cl3N2O3. The fraction of sp³-hybridized carbons (Fsp3) is 0.222. The molecule has 5 nitrogen and oxygen atoms in total. The summed E-state index contributed by atoms with van der Waals surface area (Å²) in [6, 6.07) is 10.3. The molecule has 1 N–H and O–H groups in total. The molecule has 0 aromatic heterocycles. The van der Waals surface area contributed by atoms with Gasteiger partial charge in [0, 0.05) is 6.07 Å². The van der Waals surface area contributed by atoms with Gasteiger partial charge < -0.3 is 9.47 Å². The molecule has 2 aromatic rings. The molecule has 0 aliphatic heterocycles. The van der Waals surface area contributed by atoms with Gasteiger partial charge in [-0.05, 0) is 49.7 Å². The fourth-order valence-corrected chi connectivity index (χ4v) is 2.55. The zero-order valence-corrected chi connectivity index (χ0v) is 16.5. The number of hydrazone groups is 1. The van der Waals surface area contributed by atoms with Gasteiger partial charge in [-0.3, -0.25) is 4.79 Å². The third kappa shape index (κ3) is 5.80. The van der Waals surface area contributed by atoms with E-state index in [1.807, 2.05) is 31.2 Å². The van der Waals surface area contributed by atoms with Crippen LogP contribution in [0.15, 0.2) is 41.5 Å². The molecule has 0 unspecified atom stereocenters. The van der Waals surface area contributed by atoms with E-state index in [9.17, 15) is 4.79 Å². The maximum atomic E-state index is 11.9. The zero-order valence-electron chi connectivity index (χ0n) is 14.2. The quantitative estimate of drug-likeness (QED) is 0.395. The average molecular weight is 416 g/mol. The first-order valence-electron chi connectivity index (χ1n) is 7.74. The molecule has 138 valence electrons. The molecule has 0 radical (unpaired) electrons. The third-order valence-electron chi connectivity index (χ3n) is 3.26. The maximum absolute atomic E-state index is 11.9. The Labute approximate surface area is 166 Å². The lowest BCUT2D eigenvalue weighted by Gasteiger charge is -2.09. The van der Waals surface area contributed by atoms with Crippen molar-refractivity contribution >= 4 is 46.4 Å². The number of rotatable bonds is 7. The predicted molar refractivity (Wildman–Crippen MR) is 105 cm³/mol. The van der Waals surface area contributed by atoms with Crippen molar-refractivity contribution in [3.05, 3.63) is 57.0 Å². The van der Waals surface area contributed by atoms with Gasteiger partial charge in [-0.2, -0.15) is 5.10 Å². The van der Waals surface area contributed by atoms with Crippen molar-refractivity contribution < 1.29 is 14.3 Å². The van der Waals surface area contributed by atoms with Crippen molar-refractivity contribution in [2.45, 2.75) is 13.8 Å². The minimum absolute atomic E-state index is 0.265. The topological polar surface area (TPSA) is 59.9 Å². The van der Waals surface area contributed by atoms with Crippen LogP contribution in [0, 0.1) is 0 Å². The second-order valence-electron chi connectivity index (χ2n) is 5.17. The summed E-state index contributed by atoms with van der Waals surface area (Å²) >= 11 is 17.7. The molecule has 0 fully saturated rings.